The topological polar surface area (TPSA) is 92.3 Å². The third-order valence-electron chi connectivity index (χ3n) is 4.58. The fraction of sp³-hybridized carbons (Fsp3) is 0.350. The molecule has 2 heterocycles. The Hall–Kier alpha value is -2.93. The maximum Gasteiger partial charge on any atom is 0.238 e. The van der Waals surface area contributed by atoms with E-state index >= 15 is 0 Å². The first kappa shape index (κ1) is 18.8. The Morgan fingerprint density at radius 3 is 2.67 bits per heavy atom. The molecule has 27 heavy (non-hydrogen) atoms. The standard InChI is InChI=1S/C20H24N4O3/c1-12(22-20(26)17-11-18(25)24-13(2)23-17)14-4-6-15(7-5-14)16-8-9-21-19(10-16)27-3/h4-10,12-13,17,23H,11H2,1-3H3,(H,22,26)(H,24,25)/t12-,13?,17?/m1/s1. The first-order valence-corrected chi connectivity index (χ1v) is 8.92. The lowest BCUT2D eigenvalue weighted by molar-refractivity contribution is -0.132. The van der Waals surface area contributed by atoms with E-state index in [0.717, 1.165) is 16.7 Å². The van der Waals surface area contributed by atoms with Gasteiger partial charge in [0, 0.05) is 12.3 Å². The van der Waals surface area contributed by atoms with Crippen molar-refractivity contribution in [2.45, 2.75) is 38.5 Å². The van der Waals surface area contributed by atoms with Crippen molar-refractivity contribution in [1.29, 1.82) is 0 Å². The van der Waals surface area contributed by atoms with Crippen LogP contribution >= 0.6 is 0 Å². The van der Waals surface area contributed by atoms with Crippen LogP contribution in [-0.4, -0.2) is 36.1 Å². The molecule has 1 fully saturated rings. The van der Waals surface area contributed by atoms with E-state index in [1.54, 1.807) is 13.3 Å². The van der Waals surface area contributed by atoms with Crippen LogP contribution in [0.1, 0.15) is 31.9 Å². The first-order chi connectivity index (χ1) is 13.0. The smallest absolute Gasteiger partial charge is 0.238 e. The number of carbonyl (C=O) groups excluding carboxylic acids is 2. The summed E-state index contributed by atoms with van der Waals surface area (Å²) in [6.07, 6.45) is 1.64. The third-order valence-corrected chi connectivity index (χ3v) is 4.58. The fourth-order valence-electron chi connectivity index (χ4n) is 3.12. The predicted molar refractivity (Wildman–Crippen MR) is 102 cm³/mol. The highest BCUT2D eigenvalue weighted by atomic mass is 16.5. The number of pyridine rings is 1. The normalized spacial score (nSPS) is 20.5. The molecule has 3 atom stereocenters. The van der Waals surface area contributed by atoms with Crippen LogP contribution in [0.2, 0.25) is 0 Å². The van der Waals surface area contributed by atoms with Crippen LogP contribution < -0.4 is 20.7 Å². The Kier molecular flexibility index (Phi) is 5.71. The van der Waals surface area contributed by atoms with Crippen LogP contribution in [0.25, 0.3) is 11.1 Å². The SMILES string of the molecule is COc1cc(-c2ccc([C@@H](C)NC(=O)C3CC(=O)NC(C)N3)cc2)ccn1. The number of amides is 2. The van der Waals surface area contributed by atoms with Gasteiger partial charge in [-0.15, -0.1) is 0 Å². The minimum Gasteiger partial charge on any atom is -0.481 e. The molecule has 1 aliphatic rings. The zero-order chi connectivity index (χ0) is 19.4. The van der Waals surface area contributed by atoms with E-state index in [1.807, 2.05) is 50.2 Å². The molecule has 0 bridgehead atoms. The fourth-order valence-corrected chi connectivity index (χ4v) is 3.12. The van der Waals surface area contributed by atoms with E-state index in [4.69, 9.17) is 4.74 Å². The largest absolute Gasteiger partial charge is 0.481 e. The number of rotatable bonds is 5. The molecule has 0 saturated carbocycles. The average molecular weight is 368 g/mol. The van der Waals surface area contributed by atoms with E-state index in [-0.39, 0.29) is 30.4 Å². The van der Waals surface area contributed by atoms with E-state index in [1.165, 1.54) is 0 Å². The van der Waals surface area contributed by atoms with Gasteiger partial charge >= 0.3 is 0 Å². The lowest BCUT2D eigenvalue weighted by atomic mass is 10.0. The predicted octanol–water partition coefficient (Wildman–Crippen LogP) is 1.76. The molecule has 7 nitrogen and oxygen atoms in total. The van der Waals surface area contributed by atoms with Gasteiger partial charge in [-0.1, -0.05) is 24.3 Å². The van der Waals surface area contributed by atoms with E-state index < -0.39 is 6.04 Å². The van der Waals surface area contributed by atoms with Gasteiger partial charge < -0.3 is 15.4 Å². The van der Waals surface area contributed by atoms with Crippen molar-refractivity contribution in [3.8, 4) is 17.0 Å². The maximum atomic E-state index is 12.5. The van der Waals surface area contributed by atoms with Gasteiger partial charge in [-0.25, -0.2) is 4.98 Å². The number of carbonyl (C=O) groups is 2. The molecule has 0 radical (unpaired) electrons. The van der Waals surface area contributed by atoms with Crippen LogP contribution in [0, 0.1) is 0 Å². The Morgan fingerprint density at radius 2 is 2.00 bits per heavy atom. The van der Waals surface area contributed by atoms with Gasteiger partial charge in [0.05, 0.1) is 31.8 Å². The molecule has 1 aliphatic heterocycles. The molecule has 2 amide bonds. The summed E-state index contributed by atoms with van der Waals surface area (Å²) in [4.78, 5) is 28.2. The molecule has 7 heteroatoms. The third kappa shape index (κ3) is 4.62. The quantitative estimate of drug-likeness (QED) is 0.748. The summed E-state index contributed by atoms with van der Waals surface area (Å²) in [5, 5.41) is 8.79. The first-order valence-electron chi connectivity index (χ1n) is 8.92. The number of ether oxygens (including phenoxy) is 1. The van der Waals surface area contributed by atoms with Gasteiger partial charge in [0.25, 0.3) is 0 Å². The van der Waals surface area contributed by atoms with Gasteiger partial charge in [-0.3, -0.25) is 14.9 Å². The van der Waals surface area contributed by atoms with Crippen molar-refractivity contribution in [2.75, 3.05) is 7.11 Å². The molecule has 142 valence electrons. The summed E-state index contributed by atoms with van der Waals surface area (Å²) in [5.74, 6) is 0.272. The minimum atomic E-state index is -0.514. The molecule has 1 saturated heterocycles. The number of nitrogens with zero attached hydrogens (tertiary/aromatic N) is 1. The molecule has 1 aromatic carbocycles. The Morgan fingerprint density at radius 1 is 1.26 bits per heavy atom. The lowest BCUT2D eigenvalue weighted by Gasteiger charge is -2.29. The van der Waals surface area contributed by atoms with E-state index in [0.29, 0.717) is 5.88 Å². The number of aromatic nitrogens is 1. The Balaban J connectivity index is 1.65. The average Bonchev–Trinajstić information content (AvgIpc) is 2.67. The molecule has 1 aromatic heterocycles. The monoisotopic (exact) mass is 368 g/mol. The van der Waals surface area contributed by atoms with Crippen molar-refractivity contribution in [3.05, 3.63) is 48.2 Å². The highest BCUT2D eigenvalue weighted by Crippen LogP contribution is 2.24. The zero-order valence-corrected chi connectivity index (χ0v) is 15.7. The molecule has 0 spiro atoms. The molecular formula is C20H24N4O3. The second kappa shape index (κ2) is 8.18. The maximum absolute atomic E-state index is 12.5. The number of benzene rings is 1. The van der Waals surface area contributed by atoms with Gasteiger partial charge in [0.2, 0.25) is 17.7 Å². The van der Waals surface area contributed by atoms with Gasteiger partial charge in [0.15, 0.2) is 0 Å². The van der Waals surface area contributed by atoms with Crippen molar-refractivity contribution in [3.63, 3.8) is 0 Å². The second-order valence-electron chi connectivity index (χ2n) is 6.65. The lowest BCUT2D eigenvalue weighted by Crippen LogP contribution is -2.59. The molecule has 3 N–H and O–H groups in total. The van der Waals surface area contributed by atoms with Crippen molar-refractivity contribution in [1.82, 2.24) is 20.9 Å². The highest BCUT2D eigenvalue weighted by molar-refractivity contribution is 5.89. The van der Waals surface area contributed by atoms with Crippen molar-refractivity contribution in [2.24, 2.45) is 0 Å². The summed E-state index contributed by atoms with van der Waals surface area (Å²) in [6, 6.07) is 11.1. The summed E-state index contributed by atoms with van der Waals surface area (Å²) in [6.45, 7) is 3.74. The summed E-state index contributed by atoms with van der Waals surface area (Å²) < 4.78 is 5.16. The van der Waals surface area contributed by atoms with Crippen LogP contribution in [0.4, 0.5) is 0 Å². The van der Waals surface area contributed by atoms with Crippen LogP contribution in [0.3, 0.4) is 0 Å². The second-order valence-corrected chi connectivity index (χ2v) is 6.65. The molecular weight excluding hydrogens is 344 g/mol. The Bertz CT molecular complexity index is 822. The Labute approximate surface area is 158 Å². The van der Waals surface area contributed by atoms with Crippen molar-refractivity contribution >= 4 is 11.8 Å². The van der Waals surface area contributed by atoms with Crippen LogP contribution in [0.15, 0.2) is 42.6 Å². The van der Waals surface area contributed by atoms with E-state index in [9.17, 15) is 9.59 Å². The molecule has 2 aromatic rings. The molecule has 3 rings (SSSR count). The molecule has 0 aliphatic carbocycles. The number of methoxy groups -OCH3 is 1. The zero-order valence-electron chi connectivity index (χ0n) is 15.7. The summed E-state index contributed by atoms with van der Waals surface area (Å²) in [5.41, 5.74) is 3.04. The molecule has 2 unspecified atom stereocenters. The number of hydrogen-bond acceptors (Lipinski definition) is 5. The highest BCUT2D eigenvalue weighted by Gasteiger charge is 2.29. The minimum absolute atomic E-state index is 0.119. The van der Waals surface area contributed by atoms with Gasteiger partial charge in [0.1, 0.15) is 0 Å². The number of nitrogens with one attached hydrogen (secondary N) is 3. The van der Waals surface area contributed by atoms with E-state index in [2.05, 4.69) is 20.9 Å². The summed E-state index contributed by atoms with van der Waals surface area (Å²) in [7, 11) is 1.59. The van der Waals surface area contributed by atoms with Crippen molar-refractivity contribution < 1.29 is 14.3 Å². The van der Waals surface area contributed by atoms with Gasteiger partial charge in [-0.2, -0.15) is 0 Å². The van der Waals surface area contributed by atoms with Gasteiger partial charge in [-0.05, 0) is 36.6 Å². The summed E-state index contributed by atoms with van der Waals surface area (Å²) >= 11 is 0. The van der Waals surface area contributed by atoms with Crippen LogP contribution in [-0.2, 0) is 9.59 Å². The van der Waals surface area contributed by atoms with Crippen LogP contribution in [0.5, 0.6) is 5.88 Å². The number of hydrogen-bond donors (Lipinski definition) is 3.